The lowest BCUT2D eigenvalue weighted by atomic mass is 10.1. The van der Waals surface area contributed by atoms with Crippen molar-refractivity contribution < 1.29 is 13.6 Å². The Labute approximate surface area is 122 Å². The molecule has 2 aromatic rings. The van der Waals surface area contributed by atoms with E-state index in [0.717, 1.165) is 24.1 Å². The van der Waals surface area contributed by atoms with E-state index >= 15 is 0 Å². The van der Waals surface area contributed by atoms with E-state index in [2.05, 4.69) is 0 Å². The zero-order valence-corrected chi connectivity index (χ0v) is 11.9. The van der Waals surface area contributed by atoms with Crippen LogP contribution in [0.1, 0.15) is 22.8 Å². The monoisotopic (exact) mass is 290 g/mol. The zero-order valence-electron chi connectivity index (χ0n) is 11.9. The Morgan fingerprint density at radius 3 is 2.33 bits per heavy atom. The van der Waals surface area contributed by atoms with Crippen LogP contribution in [0.25, 0.3) is 0 Å². The molecule has 2 aromatic carbocycles. The fraction of sp³-hybridized carbons (Fsp3) is 0.188. The molecule has 2 rings (SSSR count). The van der Waals surface area contributed by atoms with Gasteiger partial charge in [-0.05, 0) is 36.2 Å². The van der Waals surface area contributed by atoms with Crippen molar-refractivity contribution in [3.63, 3.8) is 0 Å². The Morgan fingerprint density at radius 2 is 1.76 bits per heavy atom. The first-order valence-corrected chi connectivity index (χ1v) is 6.56. The summed E-state index contributed by atoms with van der Waals surface area (Å²) in [7, 11) is 1.46. The van der Waals surface area contributed by atoms with Gasteiger partial charge in [0.05, 0.1) is 5.69 Å². The average molecular weight is 290 g/mol. The zero-order chi connectivity index (χ0) is 15.6. The highest BCUT2D eigenvalue weighted by molar-refractivity contribution is 6.06. The summed E-state index contributed by atoms with van der Waals surface area (Å²) < 4.78 is 27.6. The lowest BCUT2D eigenvalue weighted by molar-refractivity contribution is 0.0985. The number of carbonyl (C=O) groups is 1. The Hall–Kier alpha value is -2.43. The maximum atomic E-state index is 13.9. The third kappa shape index (κ3) is 2.86. The minimum absolute atomic E-state index is 0.255. The molecule has 0 saturated heterocycles. The van der Waals surface area contributed by atoms with E-state index in [1.165, 1.54) is 11.9 Å². The van der Waals surface area contributed by atoms with Gasteiger partial charge in [0.2, 0.25) is 0 Å². The number of halogens is 2. The van der Waals surface area contributed by atoms with Gasteiger partial charge in [0, 0.05) is 12.7 Å². The molecule has 0 bridgehead atoms. The topological polar surface area (TPSA) is 46.3 Å². The molecule has 2 N–H and O–H groups in total. The summed E-state index contributed by atoms with van der Waals surface area (Å²) in [5, 5.41) is 0. The van der Waals surface area contributed by atoms with Crippen LogP contribution in [0.2, 0.25) is 0 Å². The van der Waals surface area contributed by atoms with Gasteiger partial charge in [-0.15, -0.1) is 0 Å². The summed E-state index contributed by atoms with van der Waals surface area (Å²) in [5.74, 6) is -2.73. The lowest BCUT2D eigenvalue weighted by Gasteiger charge is -2.18. The van der Waals surface area contributed by atoms with Crippen LogP contribution in [0.3, 0.4) is 0 Å². The molecule has 110 valence electrons. The van der Waals surface area contributed by atoms with Crippen molar-refractivity contribution in [2.75, 3.05) is 17.7 Å². The highest BCUT2D eigenvalue weighted by Gasteiger charge is 2.23. The van der Waals surface area contributed by atoms with E-state index < -0.39 is 23.1 Å². The summed E-state index contributed by atoms with van der Waals surface area (Å²) in [4.78, 5) is 13.5. The minimum Gasteiger partial charge on any atom is -0.396 e. The molecule has 0 saturated carbocycles. The van der Waals surface area contributed by atoms with Crippen molar-refractivity contribution in [3.05, 3.63) is 59.2 Å². The first-order valence-electron chi connectivity index (χ1n) is 6.56. The van der Waals surface area contributed by atoms with Crippen molar-refractivity contribution in [2.45, 2.75) is 13.3 Å². The SMILES string of the molecule is CCc1ccc(N(C)C(=O)c2c(F)ccc(N)c2F)cc1. The molecule has 0 radical (unpaired) electrons. The number of amides is 1. The maximum absolute atomic E-state index is 13.9. The number of rotatable bonds is 3. The smallest absolute Gasteiger partial charge is 0.264 e. The van der Waals surface area contributed by atoms with E-state index in [4.69, 9.17) is 5.73 Å². The minimum atomic E-state index is -1.03. The molecular formula is C16H16F2N2O. The number of hydrogen-bond acceptors (Lipinski definition) is 2. The maximum Gasteiger partial charge on any atom is 0.264 e. The first kappa shape index (κ1) is 15.0. The summed E-state index contributed by atoms with van der Waals surface area (Å²) in [6, 6.07) is 9.28. The van der Waals surface area contributed by atoms with Gasteiger partial charge in [-0.25, -0.2) is 8.78 Å². The third-order valence-corrected chi connectivity index (χ3v) is 3.37. The molecule has 0 spiro atoms. The predicted octanol–water partition coefficient (Wildman–Crippen LogP) is 3.39. The van der Waals surface area contributed by atoms with Crippen LogP contribution in [0.5, 0.6) is 0 Å². The molecule has 0 aliphatic carbocycles. The largest absolute Gasteiger partial charge is 0.396 e. The van der Waals surface area contributed by atoms with Gasteiger partial charge in [0.25, 0.3) is 5.91 Å². The third-order valence-electron chi connectivity index (χ3n) is 3.37. The van der Waals surface area contributed by atoms with Crippen LogP contribution in [-0.2, 0) is 6.42 Å². The van der Waals surface area contributed by atoms with Gasteiger partial charge in [0.15, 0.2) is 5.82 Å². The molecule has 1 amide bonds. The second-order valence-corrected chi connectivity index (χ2v) is 4.71. The van der Waals surface area contributed by atoms with Crippen molar-refractivity contribution in [1.82, 2.24) is 0 Å². The van der Waals surface area contributed by atoms with E-state index in [1.54, 1.807) is 12.1 Å². The predicted molar refractivity (Wildman–Crippen MR) is 79.3 cm³/mol. The molecule has 21 heavy (non-hydrogen) atoms. The molecule has 0 atom stereocenters. The number of nitrogens with zero attached hydrogens (tertiary/aromatic N) is 1. The van der Waals surface area contributed by atoms with Gasteiger partial charge in [0.1, 0.15) is 11.4 Å². The van der Waals surface area contributed by atoms with Crippen LogP contribution >= 0.6 is 0 Å². The summed E-state index contributed by atoms with van der Waals surface area (Å²) in [6.07, 6.45) is 0.871. The van der Waals surface area contributed by atoms with E-state index in [9.17, 15) is 13.6 Å². The summed E-state index contributed by atoms with van der Waals surface area (Å²) in [6.45, 7) is 2.02. The standard InChI is InChI=1S/C16H16F2N2O/c1-3-10-4-6-11(7-5-10)20(2)16(21)14-12(17)8-9-13(19)15(14)18/h4-9H,3,19H2,1-2H3. The molecule has 3 nitrogen and oxygen atoms in total. The molecule has 0 heterocycles. The fourth-order valence-corrected chi connectivity index (χ4v) is 2.00. The van der Waals surface area contributed by atoms with Gasteiger partial charge in [-0.1, -0.05) is 19.1 Å². The molecule has 0 fully saturated rings. The van der Waals surface area contributed by atoms with E-state index in [-0.39, 0.29) is 5.69 Å². The highest BCUT2D eigenvalue weighted by Crippen LogP contribution is 2.23. The second kappa shape index (κ2) is 5.91. The molecule has 0 aliphatic heterocycles. The second-order valence-electron chi connectivity index (χ2n) is 4.71. The number of anilines is 2. The summed E-state index contributed by atoms with van der Waals surface area (Å²) in [5.41, 5.74) is 6.16. The lowest BCUT2D eigenvalue weighted by Crippen LogP contribution is -2.28. The van der Waals surface area contributed by atoms with Crippen molar-refractivity contribution in [3.8, 4) is 0 Å². The van der Waals surface area contributed by atoms with Gasteiger partial charge >= 0.3 is 0 Å². The fourth-order valence-electron chi connectivity index (χ4n) is 2.00. The Balaban J connectivity index is 2.37. The first-order chi connectivity index (χ1) is 9.95. The van der Waals surface area contributed by atoms with Crippen LogP contribution in [0.15, 0.2) is 36.4 Å². The molecule has 0 aliphatic rings. The van der Waals surface area contributed by atoms with Gasteiger partial charge < -0.3 is 10.6 Å². The number of hydrogen-bond donors (Lipinski definition) is 1. The highest BCUT2D eigenvalue weighted by atomic mass is 19.1. The van der Waals surface area contributed by atoms with Gasteiger partial charge in [-0.2, -0.15) is 0 Å². The van der Waals surface area contributed by atoms with Crippen LogP contribution in [0, 0.1) is 11.6 Å². The summed E-state index contributed by atoms with van der Waals surface area (Å²) >= 11 is 0. The van der Waals surface area contributed by atoms with E-state index in [0.29, 0.717) is 5.69 Å². The Kier molecular flexibility index (Phi) is 4.21. The van der Waals surface area contributed by atoms with Crippen molar-refractivity contribution in [1.29, 1.82) is 0 Å². The normalized spacial score (nSPS) is 10.5. The number of aryl methyl sites for hydroxylation is 1. The van der Waals surface area contributed by atoms with Crippen molar-refractivity contribution in [2.24, 2.45) is 0 Å². The van der Waals surface area contributed by atoms with Gasteiger partial charge in [-0.3, -0.25) is 4.79 Å². The number of carbonyl (C=O) groups excluding carboxylic acids is 1. The number of nitrogen functional groups attached to an aromatic ring is 1. The quantitative estimate of drug-likeness (QED) is 0.881. The molecule has 5 heteroatoms. The van der Waals surface area contributed by atoms with E-state index in [1.807, 2.05) is 19.1 Å². The number of nitrogens with two attached hydrogens (primary N) is 1. The van der Waals surface area contributed by atoms with Crippen LogP contribution in [0.4, 0.5) is 20.2 Å². The van der Waals surface area contributed by atoms with Crippen molar-refractivity contribution >= 4 is 17.3 Å². The Morgan fingerprint density at radius 1 is 1.14 bits per heavy atom. The molecule has 0 unspecified atom stereocenters. The average Bonchev–Trinajstić information content (AvgIpc) is 2.50. The van der Waals surface area contributed by atoms with Crippen LogP contribution in [-0.4, -0.2) is 13.0 Å². The van der Waals surface area contributed by atoms with Crippen LogP contribution < -0.4 is 10.6 Å². The molecular weight excluding hydrogens is 274 g/mol. The Bertz CT molecular complexity index is 669. The molecule has 0 aromatic heterocycles. The number of benzene rings is 2.